The average molecular weight is 392 g/mol. The van der Waals surface area contributed by atoms with Crippen LogP contribution in [0.2, 0.25) is 0 Å². The van der Waals surface area contributed by atoms with Crippen LogP contribution in [0.3, 0.4) is 0 Å². The Morgan fingerprint density at radius 3 is 2.52 bits per heavy atom. The van der Waals surface area contributed by atoms with Crippen LogP contribution < -0.4 is 4.80 Å². The van der Waals surface area contributed by atoms with Crippen LogP contribution in [-0.4, -0.2) is 35.6 Å². The minimum Gasteiger partial charge on any atom is -0.465 e. The Morgan fingerprint density at radius 2 is 1.85 bits per heavy atom. The Hall–Kier alpha value is -2.48. The van der Waals surface area contributed by atoms with E-state index in [-0.39, 0.29) is 25.7 Å². The van der Waals surface area contributed by atoms with Crippen molar-refractivity contribution in [3.8, 4) is 0 Å². The minimum atomic E-state index is -0.415. The van der Waals surface area contributed by atoms with Gasteiger partial charge in [0.25, 0.3) is 0 Å². The zero-order valence-electron chi connectivity index (χ0n) is 15.8. The topological polar surface area (TPSA) is 87.0 Å². The predicted octanol–water partition coefficient (Wildman–Crippen LogP) is 3.06. The molecule has 2 aromatic rings. The summed E-state index contributed by atoms with van der Waals surface area (Å²) in [5, 5.41) is 0. The number of amides is 1. The largest absolute Gasteiger partial charge is 0.465 e. The van der Waals surface area contributed by atoms with Crippen LogP contribution in [0.5, 0.6) is 0 Å². The lowest BCUT2D eigenvalue weighted by molar-refractivity contribution is -0.143. The van der Waals surface area contributed by atoms with Gasteiger partial charge in [0.2, 0.25) is 5.91 Å². The Kier molecular flexibility index (Phi) is 7.72. The quantitative estimate of drug-likeness (QED) is 0.645. The molecule has 0 unspecified atom stereocenters. The van der Waals surface area contributed by atoms with Gasteiger partial charge in [0, 0.05) is 6.42 Å². The fourth-order valence-electron chi connectivity index (χ4n) is 2.48. The van der Waals surface area contributed by atoms with Crippen molar-refractivity contribution in [2.24, 2.45) is 4.99 Å². The summed E-state index contributed by atoms with van der Waals surface area (Å²) in [7, 11) is 0. The van der Waals surface area contributed by atoms with Crippen LogP contribution in [0.15, 0.2) is 23.2 Å². The first-order chi connectivity index (χ1) is 13.0. The van der Waals surface area contributed by atoms with E-state index in [9.17, 15) is 14.4 Å². The summed E-state index contributed by atoms with van der Waals surface area (Å²) in [4.78, 5) is 40.7. The van der Waals surface area contributed by atoms with Crippen molar-refractivity contribution in [1.29, 1.82) is 0 Å². The first kappa shape index (κ1) is 20.8. The first-order valence-electron chi connectivity index (χ1n) is 9.03. The van der Waals surface area contributed by atoms with Crippen molar-refractivity contribution in [1.82, 2.24) is 4.57 Å². The summed E-state index contributed by atoms with van der Waals surface area (Å²) in [5.41, 5.74) is 1.13. The highest BCUT2D eigenvalue weighted by molar-refractivity contribution is 7.16. The van der Waals surface area contributed by atoms with Crippen LogP contribution in [0.4, 0.5) is 0 Å². The van der Waals surface area contributed by atoms with Gasteiger partial charge >= 0.3 is 11.9 Å². The summed E-state index contributed by atoms with van der Waals surface area (Å²) in [6.45, 7) is 6.00. The molecule has 1 aromatic heterocycles. The van der Waals surface area contributed by atoms with Crippen molar-refractivity contribution in [2.45, 2.75) is 46.6 Å². The van der Waals surface area contributed by atoms with Crippen LogP contribution in [-0.2, 0) is 25.6 Å². The molecule has 1 amide bonds. The van der Waals surface area contributed by atoms with Gasteiger partial charge < -0.3 is 14.0 Å². The number of hydrogen-bond acceptors (Lipinski definition) is 6. The number of aromatic nitrogens is 1. The highest BCUT2D eigenvalue weighted by Gasteiger charge is 2.15. The number of thiazole rings is 1. The summed E-state index contributed by atoms with van der Waals surface area (Å²) in [6.07, 6.45) is 2.02. The van der Waals surface area contributed by atoms with E-state index < -0.39 is 11.9 Å². The summed E-state index contributed by atoms with van der Waals surface area (Å²) >= 11 is 1.26. The van der Waals surface area contributed by atoms with E-state index in [1.807, 2.05) is 6.92 Å². The first-order valence-corrected chi connectivity index (χ1v) is 9.85. The van der Waals surface area contributed by atoms with Crippen molar-refractivity contribution >= 4 is 39.4 Å². The minimum absolute atomic E-state index is 0.0491. The third kappa shape index (κ3) is 5.50. The molecule has 27 heavy (non-hydrogen) atoms. The zero-order valence-corrected chi connectivity index (χ0v) is 16.6. The molecule has 0 fully saturated rings. The van der Waals surface area contributed by atoms with Gasteiger partial charge in [-0.25, -0.2) is 4.79 Å². The number of nitrogens with zero attached hydrogens (tertiary/aromatic N) is 2. The fraction of sp³-hybridized carbons (Fsp3) is 0.474. The number of benzene rings is 1. The standard InChI is InChI=1S/C19H24N2O5S/c1-4-7-8-16(22)20-19-21(12-17(23)25-5-2)14-10-9-13(11-15(14)27-19)18(24)26-6-3/h9-11H,4-8,12H2,1-3H3. The highest BCUT2D eigenvalue weighted by atomic mass is 32.1. The van der Waals surface area contributed by atoms with Gasteiger partial charge in [-0.15, -0.1) is 0 Å². The SMILES string of the molecule is CCCCC(=O)N=c1sc2cc(C(=O)OCC)ccc2n1CC(=O)OCC. The summed E-state index contributed by atoms with van der Waals surface area (Å²) in [5.74, 6) is -1.05. The second-order valence-electron chi connectivity index (χ2n) is 5.79. The monoisotopic (exact) mass is 392 g/mol. The number of hydrogen-bond donors (Lipinski definition) is 0. The third-order valence-electron chi connectivity index (χ3n) is 3.75. The lowest BCUT2D eigenvalue weighted by atomic mass is 10.2. The highest BCUT2D eigenvalue weighted by Crippen LogP contribution is 2.20. The molecule has 0 saturated carbocycles. The normalized spacial score (nSPS) is 11.6. The summed E-state index contributed by atoms with van der Waals surface area (Å²) < 4.78 is 12.4. The second kappa shape index (κ2) is 10.0. The van der Waals surface area contributed by atoms with Crippen molar-refractivity contribution in [2.75, 3.05) is 13.2 Å². The molecule has 0 aliphatic rings. The molecular formula is C19H24N2O5S. The number of rotatable bonds is 8. The van der Waals surface area contributed by atoms with E-state index in [4.69, 9.17) is 9.47 Å². The van der Waals surface area contributed by atoms with Gasteiger partial charge in [-0.1, -0.05) is 24.7 Å². The lowest BCUT2D eigenvalue weighted by Crippen LogP contribution is -2.23. The van der Waals surface area contributed by atoms with E-state index >= 15 is 0 Å². The summed E-state index contributed by atoms with van der Waals surface area (Å²) in [6, 6.07) is 5.05. The molecule has 0 spiro atoms. The maximum Gasteiger partial charge on any atom is 0.338 e. The van der Waals surface area contributed by atoms with Crippen molar-refractivity contribution in [3.63, 3.8) is 0 Å². The zero-order chi connectivity index (χ0) is 19.8. The molecule has 0 bridgehead atoms. The van der Waals surface area contributed by atoms with E-state index in [0.29, 0.717) is 22.3 Å². The van der Waals surface area contributed by atoms with Crippen LogP contribution in [0.1, 0.15) is 50.4 Å². The molecule has 0 aliphatic carbocycles. The molecule has 1 heterocycles. The van der Waals surface area contributed by atoms with E-state index in [1.54, 1.807) is 36.6 Å². The number of unbranched alkanes of at least 4 members (excludes halogenated alkanes) is 1. The van der Waals surface area contributed by atoms with Crippen molar-refractivity contribution in [3.05, 3.63) is 28.6 Å². The molecule has 8 heteroatoms. The molecular weight excluding hydrogens is 368 g/mol. The van der Waals surface area contributed by atoms with E-state index in [2.05, 4.69) is 4.99 Å². The molecule has 146 valence electrons. The number of ether oxygens (including phenoxy) is 2. The molecule has 0 N–H and O–H groups in total. The van der Waals surface area contributed by atoms with Crippen LogP contribution in [0.25, 0.3) is 10.2 Å². The Morgan fingerprint density at radius 1 is 1.11 bits per heavy atom. The molecule has 2 rings (SSSR count). The number of fused-ring (bicyclic) bond motifs is 1. The average Bonchev–Trinajstić information content (AvgIpc) is 2.96. The fourth-order valence-corrected chi connectivity index (χ4v) is 3.56. The van der Waals surface area contributed by atoms with Gasteiger partial charge in [0.1, 0.15) is 6.54 Å². The maximum absolute atomic E-state index is 12.1. The molecule has 1 aromatic carbocycles. The van der Waals surface area contributed by atoms with E-state index in [0.717, 1.165) is 17.5 Å². The van der Waals surface area contributed by atoms with Gasteiger partial charge in [-0.2, -0.15) is 4.99 Å². The smallest absolute Gasteiger partial charge is 0.338 e. The number of carbonyl (C=O) groups is 3. The second-order valence-corrected chi connectivity index (χ2v) is 6.80. The van der Waals surface area contributed by atoms with Gasteiger partial charge in [0.05, 0.1) is 29.0 Å². The van der Waals surface area contributed by atoms with Crippen LogP contribution >= 0.6 is 11.3 Å². The predicted molar refractivity (Wildman–Crippen MR) is 102 cm³/mol. The number of esters is 2. The van der Waals surface area contributed by atoms with Crippen LogP contribution in [0, 0.1) is 0 Å². The molecule has 7 nitrogen and oxygen atoms in total. The van der Waals surface area contributed by atoms with Gasteiger partial charge in [-0.3, -0.25) is 9.59 Å². The van der Waals surface area contributed by atoms with Gasteiger partial charge in [0.15, 0.2) is 4.80 Å². The maximum atomic E-state index is 12.1. The Balaban J connectivity index is 2.50. The van der Waals surface area contributed by atoms with Crippen molar-refractivity contribution < 1.29 is 23.9 Å². The number of carbonyl (C=O) groups excluding carboxylic acids is 3. The molecule has 0 saturated heterocycles. The third-order valence-corrected chi connectivity index (χ3v) is 4.79. The van der Waals surface area contributed by atoms with E-state index in [1.165, 1.54) is 11.3 Å². The Labute approximate surface area is 161 Å². The van der Waals surface area contributed by atoms with Gasteiger partial charge in [-0.05, 0) is 38.5 Å². The Bertz CT molecular complexity index is 897. The molecule has 0 aliphatic heterocycles. The lowest BCUT2D eigenvalue weighted by Gasteiger charge is -2.06. The molecule has 0 radical (unpaired) electrons. The molecule has 0 atom stereocenters.